The molecule has 5 heteroatoms. The average Bonchev–Trinajstić information content (AvgIpc) is 2.60. The molecule has 0 aliphatic heterocycles. The summed E-state index contributed by atoms with van der Waals surface area (Å²) < 4.78 is 5.65. The SMILES string of the molecule is Cc1ccc(N/N=C/c2oc(O)cc2Br)cc1. The third-order valence-corrected chi connectivity index (χ3v) is 2.75. The van der Waals surface area contributed by atoms with E-state index in [9.17, 15) is 0 Å². The summed E-state index contributed by atoms with van der Waals surface area (Å²) in [6.45, 7) is 2.02. The second-order valence-corrected chi connectivity index (χ2v) is 4.39. The number of halogens is 1. The van der Waals surface area contributed by atoms with Crippen molar-refractivity contribution < 1.29 is 9.52 Å². The smallest absolute Gasteiger partial charge is 0.283 e. The van der Waals surface area contributed by atoms with Crippen LogP contribution in [0.25, 0.3) is 0 Å². The topological polar surface area (TPSA) is 57.8 Å². The first-order chi connectivity index (χ1) is 8.15. The van der Waals surface area contributed by atoms with E-state index in [0.717, 1.165) is 5.69 Å². The molecule has 1 heterocycles. The fraction of sp³-hybridized carbons (Fsp3) is 0.0833. The number of aromatic hydroxyl groups is 1. The molecule has 0 aliphatic carbocycles. The average molecular weight is 295 g/mol. The number of hydrogen-bond acceptors (Lipinski definition) is 4. The first-order valence-corrected chi connectivity index (χ1v) is 5.78. The Morgan fingerprint density at radius 1 is 1.35 bits per heavy atom. The third kappa shape index (κ3) is 3.10. The molecule has 2 aromatic rings. The predicted molar refractivity (Wildman–Crippen MR) is 70.5 cm³/mol. The van der Waals surface area contributed by atoms with Crippen LogP contribution < -0.4 is 5.43 Å². The number of nitrogens with one attached hydrogen (secondary N) is 1. The molecule has 2 N–H and O–H groups in total. The van der Waals surface area contributed by atoms with E-state index >= 15 is 0 Å². The molecule has 0 spiro atoms. The van der Waals surface area contributed by atoms with E-state index in [-0.39, 0.29) is 5.95 Å². The second kappa shape index (κ2) is 5.05. The summed E-state index contributed by atoms with van der Waals surface area (Å²) in [6.07, 6.45) is 1.49. The maximum atomic E-state index is 9.10. The number of nitrogens with zero attached hydrogens (tertiary/aromatic N) is 1. The number of hydrogen-bond donors (Lipinski definition) is 2. The Balaban J connectivity index is 2.02. The molecule has 1 aromatic carbocycles. The number of anilines is 1. The molecule has 0 saturated heterocycles. The Morgan fingerprint density at radius 2 is 2.06 bits per heavy atom. The van der Waals surface area contributed by atoms with Crippen molar-refractivity contribution in [2.45, 2.75) is 6.92 Å². The van der Waals surface area contributed by atoms with Crippen molar-refractivity contribution in [1.29, 1.82) is 0 Å². The van der Waals surface area contributed by atoms with Gasteiger partial charge in [-0.05, 0) is 35.0 Å². The van der Waals surface area contributed by atoms with Gasteiger partial charge in [-0.3, -0.25) is 5.43 Å². The molecule has 1 aromatic heterocycles. The molecule has 0 saturated carbocycles. The maximum Gasteiger partial charge on any atom is 0.283 e. The summed E-state index contributed by atoms with van der Waals surface area (Å²) in [6, 6.07) is 9.31. The Labute approximate surface area is 107 Å². The van der Waals surface area contributed by atoms with Gasteiger partial charge in [0.2, 0.25) is 0 Å². The van der Waals surface area contributed by atoms with Crippen molar-refractivity contribution in [2.75, 3.05) is 5.43 Å². The summed E-state index contributed by atoms with van der Waals surface area (Å²) in [5.41, 5.74) is 4.94. The number of aryl methyl sites for hydroxylation is 1. The summed E-state index contributed by atoms with van der Waals surface area (Å²) in [4.78, 5) is 0. The molecule has 0 bridgehead atoms. The molecule has 0 radical (unpaired) electrons. The first kappa shape index (κ1) is 11.7. The first-order valence-electron chi connectivity index (χ1n) is 4.99. The van der Waals surface area contributed by atoms with Crippen LogP contribution in [0.15, 0.2) is 44.3 Å². The van der Waals surface area contributed by atoms with Crippen LogP contribution in [0.1, 0.15) is 11.3 Å². The standard InChI is InChI=1S/C12H11BrN2O2/c1-8-2-4-9(5-3-8)15-14-7-11-10(13)6-12(16)17-11/h2-7,15-16H,1H3/b14-7+. The Hall–Kier alpha value is -1.75. The highest BCUT2D eigenvalue weighted by molar-refractivity contribution is 9.10. The van der Waals surface area contributed by atoms with Crippen molar-refractivity contribution in [2.24, 2.45) is 5.10 Å². The summed E-state index contributed by atoms with van der Waals surface area (Å²) in [5, 5.41) is 13.1. The minimum Gasteiger partial charge on any atom is -0.481 e. The third-order valence-electron chi connectivity index (χ3n) is 2.13. The molecule has 17 heavy (non-hydrogen) atoms. The van der Waals surface area contributed by atoms with E-state index in [2.05, 4.69) is 26.5 Å². The van der Waals surface area contributed by atoms with Crippen LogP contribution in [-0.2, 0) is 0 Å². The van der Waals surface area contributed by atoms with Crippen LogP contribution in [0.5, 0.6) is 5.95 Å². The lowest BCUT2D eigenvalue weighted by molar-refractivity contribution is 0.331. The lowest BCUT2D eigenvalue weighted by Gasteiger charge is -1.99. The molecule has 88 valence electrons. The van der Waals surface area contributed by atoms with Crippen molar-refractivity contribution in [1.82, 2.24) is 0 Å². The molecule has 0 unspecified atom stereocenters. The van der Waals surface area contributed by atoms with E-state index in [0.29, 0.717) is 10.2 Å². The van der Waals surface area contributed by atoms with Gasteiger partial charge in [0.15, 0.2) is 5.76 Å². The molecule has 0 amide bonds. The van der Waals surface area contributed by atoms with E-state index in [1.807, 2.05) is 31.2 Å². The van der Waals surface area contributed by atoms with Crippen LogP contribution >= 0.6 is 15.9 Å². The molecular formula is C12H11BrN2O2. The lowest BCUT2D eigenvalue weighted by Crippen LogP contribution is -1.89. The lowest BCUT2D eigenvalue weighted by atomic mass is 10.2. The zero-order valence-corrected chi connectivity index (χ0v) is 10.7. The highest BCUT2D eigenvalue weighted by Gasteiger charge is 2.04. The van der Waals surface area contributed by atoms with Gasteiger partial charge in [0.1, 0.15) is 0 Å². The van der Waals surface area contributed by atoms with Crippen molar-refractivity contribution in [3.05, 3.63) is 46.1 Å². The van der Waals surface area contributed by atoms with Crippen LogP contribution in [0.3, 0.4) is 0 Å². The predicted octanol–water partition coefficient (Wildman–Crippen LogP) is 3.50. The number of benzene rings is 1. The highest BCUT2D eigenvalue weighted by Crippen LogP contribution is 2.24. The second-order valence-electron chi connectivity index (χ2n) is 3.53. The quantitative estimate of drug-likeness (QED) is 0.673. The van der Waals surface area contributed by atoms with Crippen LogP contribution in [0.4, 0.5) is 5.69 Å². The Bertz CT molecular complexity index is 532. The van der Waals surface area contributed by atoms with Crippen LogP contribution in [-0.4, -0.2) is 11.3 Å². The van der Waals surface area contributed by atoms with Gasteiger partial charge in [-0.2, -0.15) is 5.10 Å². The number of furan rings is 1. The van der Waals surface area contributed by atoms with Crippen molar-refractivity contribution in [3.8, 4) is 5.95 Å². The monoisotopic (exact) mass is 294 g/mol. The fourth-order valence-corrected chi connectivity index (χ4v) is 1.63. The zero-order valence-electron chi connectivity index (χ0n) is 9.14. The van der Waals surface area contributed by atoms with E-state index < -0.39 is 0 Å². The fourth-order valence-electron chi connectivity index (χ4n) is 1.25. The van der Waals surface area contributed by atoms with E-state index in [4.69, 9.17) is 9.52 Å². The highest BCUT2D eigenvalue weighted by atomic mass is 79.9. The molecule has 4 nitrogen and oxygen atoms in total. The van der Waals surface area contributed by atoms with Crippen LogP contribution in [0, 0.1) is 6.92 Å². The van der Waals surface area contributed by atoms with Gasteiger partial charge in [-0.15, -0.1) is 0 Å². The summed E-state index contributed by atoms with van der Waals surface area (Å²) in [5.74, 6) is 0.316. The van der Waals surface area contributed by atoms with Gasteiger partial charge in [0, 0.05) is 6.07 Å². The summed E-state index contributed by atoms with van der Waals surface area (Å²) in [7, 11) is 0. The molecule has 0 atom stereocenters. The molecule has 0 fully saturated rings. The van der Waals surface area contributed by atoms with Crippen LogP contribution in [0.2, 0.25) is 0 Å². The van der Waals surface area contributed by atoms with Gasteiger partial charge < -0.3 is 9.52 Å². The van der Waals surface area contributed by atoms with Crippen molar-refractivity contribution >= 4 is 27.8 Å². The van der Waals surface area contributed by atoms with Gasteiger partial charge in [0.05, 0.1) is 16.4 Å². The maximum absolute atomic E-state index is 9.10. The summed E-state index contributed by atoms with van der Waals surface area (Å²) >= 11 is 3.24. The Kier molecular flexibility index (Phi) is 3.49. The minimum absolute atomic E-state index is 0.145. The molecular weight excluding hydrogens is 284 g/mol. The van der Waals surface area contributed by atoms with E-state index in [1.54, 1.807) is 0 Å². The van der Waals surface area contributed by atoms with Gasteiger partial charge >= 0.3 is 0 Å². The number of rotatable bonds is 3. The van der Waals surface area contributed by atoms with E-state index in [1.165, 1.54) is 17.8 Å². The largest absolute Gasteiger partial charge is 0.481 e. The van der Waals surface area contributed by atoms with Gasteiger partial charge in [-0.1, -0.05) is 17.7 Å². The van der Waals surface area contributed by atoms with Gasteiger partial charge in [0.25, 0.3) is 5.95 Å². The minimum atomic E-state index is -0.145. The number of hydrazone groups is 1. The van der Waals surface area contributed by atoms with Crippen molar-refractivity contribution in [3.63, 3.8) is 0 Å². The Morgan fingerprint density at radius 3 is 2.65 bits per heavy atom. The molecule has 0 aliphatic rings. The molecule has 2 rings (SSSR count). The van der Waals surface area contributed by atoms with Gasteiger partial charge in [-0.25, -0.2) is 0 Å². The normalized spacial score (nSPS) is 10.9. The zero-order chi connectivity index (χ0) is 12.3.